The Bertz CT molecular complexity index is 704. The minimum absolute atomic E-state index is 0.155. The number of anilines is 1. The van der Waals surface area contributed by atoms with Gasteiger partial charge in [0.2, 0.25) is 0 Å². The molecule has 3 heterocycles. The van der Waals surface area contributed by atoms with Crippen molar-refractivity contribution >= 4 is 28.1 Å². The molecule has 2 saturated heterocycles. The van der Waals surface area contributed by atoms with Gasteiger partial charge in [-0.3, -0.25) is 0 Å². The first-order valence-electron chi connectivity index (χ1n) is 7.41. The van der Waals surface area contributed by atoms with Crippen LogP contribution in [0.25, 0.3) is 11.3 Å². The van der Waals surface area contributed by atoms with E-state index < -0.39 is 0 Å². The lowest BCUT2D eigenvalue weighted by Crippen LogP contribution is -2.45. The summed E-state index contributed by atoms with van der Waals surface area (Å²) in [4.78, 5) is 7.14. The Morgan fingerprint density at radius 3 is 2.77 bits per heavy atom. The summed E-state index contributed by atoms with van der Waals surface area (Å²) in [6, 6.07) is 4.30. The lowest BCUT2D eigenvalue weighted by atomic mass is 10.1. The normalized spacial score (nSPS) is 24.0. The molecule has 1 unspecified atom stereocenters. The van der Waals surface area contributed by atoms with Gasteiger partial charge in [-0.05, 0) is 31.4 Å². The van der Waals surface area contributed by atoms with Gasteiger partial charge < -0.3 is 9.64 Å². The molecule has 22 heavy (non-hydrogen) atoms. The van der Waals surface area contributed by atoms with Gasteiger partial charge in [0.1, 0.15) is 5.82 Å². The van der Waals surface area contributed by atoms with Crippen molar-refractivity contribution in [1.82, 2.24) is 4.98 Å². The largest absolute Gasteiger partial charge is 0.377 e. The standard InChI is InChI=1S/C16H16ClFN2OS/c1-9-12(4-5-13(17)15(9)18)14-8-22-16(19-14)20-10-2-3-11(20)7-21-6-10/h4-5,8,10-11H,2-3,6-7H2,1H3/t10-,11?/m0/s1. The molecule has 2 atom stereocenters. The van der Waals surface area contributed by atoms with Crippen molar-refractivity contribution in [2.75, 3.05) is 18.1 Å². The zero-order valence-corrected chi connectivity index (χ0v) is 13.8. The van der Waals surface area contributed by atoms with E-state index in [0.717, 1.165) is 42.4 Å². The van der Waals surface area contributed by atoms with Crippen molar-refractivity contribution in [2.24, 2.45) is 0 Å². The van der Waals surface area contributed by atoms with Crippen LogP contribution in [0.4, 0.5) is 9.52 Å². The maximum atomic E-state index is 14.0. The third-order valence-electron chi connectivity index (χ3n) is 4.57. The molecule has 1 aromatic heterocycles. The molecule has 0 N–H and O–H groups in total. The number of hydrogen-bond acceptors (Lipinski definition) is 4. The molecule has 0 radical (unpaired) electrons. The highest BCUT2D eigenvalue weighted by Gasteiger charge is 2.38. The summed E-state index contributed by atoms with van der Waals surface area (Å²) in [5.41, 5.74) is 2.18. The highest BCUT2D eigenvalue weighted by atomic mass is 35.5. The monoisotopic (exact) mass is 338 g/mol. The number of thiazole rings is 1. The Kier molecular flexibility index (Phi) is 3.59. The van der Waals surface area contributed by atoms with Crippen LogP contribution in [0.1, 0.15) is 18.4 Å². The van der Waals surface area contributed by atoms with Crippen LogP contribution < -0.4 is 4.90 Å². The lowest BCUT2D eigenvalue weighted by molar-refractivity contribution is 0.0906. The molecule has 4 rings (SSSR count). The van der Waals surface area contributed by atoms with Crippen molar-refractivity contribution < 1.29 is 9.13 Å². The van der Waals surface area contributed by atoms with E-state index in [1.54, 1.807) is 24.3 Å². The molecular formula is C16H16ClFN2OS. The van der Waals surface area contributed by atoms with Crippen LogP contribution in [-0.2, 0) is 4.74 Å². The maximum Gasteiger partial charge on any atom is 0.186 e. The summed E-state index contributed by atoms with van der Waals surface area (Å²) < 4.78 is 19.6. The van der Waals surface area contributed by atoms with Crippen molar-refractivity contribution in [1.29, 1.82) is 0 Å². The van der Waals surface area contributed by atoms with Gasteiger partial charge in [-0.15, -0.1) is 11.3 Å². The van der Waals surface area contributed by atoms with E-state index in [4.69, 9.17) is 21.3 Å². The Balaban J connectivity index is 1.69. The summed E-state index contributed by atoms with van der Waals surface area (Å²) in [5.74, 6) is -0.361. The van der Waals surface area contributed by atoms with Gasteiger partial charge in [0, 0.05) is 10.9 Å². The Hall–Kier alpha value is -1.17. The predicted molar refractivity (Wildman–Crippen MR) is 87.4 cm³/mol. The topological polar surface area (TPSA) is 25.4 Å². The average Bonchev–Trinajstić information content (AvgIpc) is 3.07. The van der Waals surface area contributed by atoms with Gasteiger partial charge in [0.25, 0.3) is 0 Å². The average molecular weight is 339 g/mol. The number of aromatic nitrogens is 1. The first-order chi connectivity index (χ1) is 10.6. The molecule has 2 fully saturated rings. The fraction of sp³-hybridized carbons (Fsp3) is 0.438. The number of morpholine rings is 1. The molecule has 1 aromatic carbocycles. The molecule has 2 aliphatic rings. The van der Waals surface area contributed by atoms with Gasteiger partial charge in [-0.2, -0.15) is 0 Å². The number of fused-ring (bicyclic) bond motifs is 2. The smallest absolute Gasteiger partial charge is 0.186 e. The fourth-order valence-electron chi connectivity index (χ4n) is 3.38. The molecular weight excluding hydrogens is 323 g/mol. The third kappa shape index (κ3) is 2.23. The summed E-state index contributed by atoms with van der Waals surface area (Å²) in [6.45, 7) is 3.30. The maximum absolute atomic E-state index is 14.0. The fourth-order valence-corrected chi connectivity index (χ4v) is 4.55. The molecule has 0 saturated carbocycles. The van der Waals surface area contributed by atoms with Crippen LogP contribution in [0.3, 0.4) is 0 Å². The van der Waals surface area contributed by atoms with E-state index in [1.807, 2.05) is 11.4 Å². The first-order valence-corrected chi connectivity index (χ1v) is 8.67. The van der Waals surface area contributed by atoms with Crippen LogP contribution in [-0.4, -0.2) is 30.3 Å². The second-order valence-electron chi connectivity index (χ2n) is 5.88. The molecule has 0 amide bonds. The summed E-state index contributed by atoms with van der Waals surface area (Å²) >= 11 is 7.45. The van der Waals surface area contributed by atoms with Crippen molar-refractivity contribution in [2.45, 2.75) is 31.8 Å². The van der Waals surface area contributed by atoms with Crippen LogP contribution in [0.15, 0.2) is 17.5 Å². The number of ether oxygens (including phenoxy) is 1. The predicted octanol–water partition coefficient (Wildman–Crippen LogP) is 4.28. The molecule has 6 heteroatoms. The summed E-state index contributed by atoms with van der Waals surface area (Å²) in [7, 11) is 0. The van der Waals surface area contributed by atoms with E-state index in [9.17, 15) is 4.39 Å². The number of nitrogens with zero attached hydrogens (tertiary/aromatic N) is 2. The molecule has 116 valence electrons. The van der Waals surface area contributed by atoms with E-state index in [-0.39, 0.29) is 10.8 Å². The minimum atomic E-state index is -0.361. The molecule has 2 bridgehead atoms. The molecule has 3 nitrogen and oxygen atoms in total. The number of benzene rings is 1. The second-order valence-corrected chi connectivity index (χ2v) is 7.12. The van der Waals surface area contributed by atoms with Crippen LogP contribution in [0, 0.1) is 12.7 Å². The van der Waals surface area contributed by atoms with Gasteiger partial charge in [0.15, 0.2) is 5.13 Å². The molecule has 0 spiro atoms. The van der Waals surface area contributed by atoms with Crippen molar-refractivity contribution in [3.8, 4) is 11.3 Å². The number of halogens is 2. The van der Waals surface area contributed by atoms with Gasteiger partial charge >= 0.3 is 0 Å². The summed E-state index contributed by atoms with van der Waals surface area (Å²) in [5, 5.41) is 3.17. The lowest BCUT2D eigenvalue weighted by Gasteiger charge is -2.34. The number of hydrogen-bond donors (Lipinski definition) is 0. The summed E-state index contributed by atoms with van der Waals surface area (Å²) in [6.07, 6.45) is 2.32. The number of rotatable bonds is 2. The molecule has 2 aliphatic heterocycles. The van der Waals surface area contributed by atoms with E-state index in [2.05, 4.69) is 4.90 Å². The molecule has 0 aliphatic carbocycles. The highest BCUT2D eigenvalue weighted by Crippen LogP contribution is 2.38. The zero-order valence-electron chi connectivity index (χ0n) is 12.2. The van der Waals surface area contributed by atoms with Crippen molar-refractivity contribution in [3.63, 3.8) is 0 Å². The highest BCUT2D eigenvalue weighted by molar-refractivity contribution is 7.14. The Labute approximate surface area is 137 Å². The van der Waals surface area contributed by atoms with Crippen LogP contribution >= 0.6 is 22.9 Å². The second kappa shape index (κ2) is 5.48. The van der Waals surface area contributed by atoms with E-state index in [0.29, 0.717) is 17.6 Å². The van der Waals surface area contributed by atoms with Crippen LogP contribution in [0.2, 0.25) is 5.02 Å². The van der Waals surface area contributed by atoms with Crippen LogP contribution in [0.5, 0.6) is 0 Å². The Morgan fingerprint density at radius 2 is 2.05 bits per heavy atom. The molecule has 2 aromatic rings. The van der Waals surface area contributed by atoms with E-state index in [1.165, 1.54) is 0 Å². The minimum Gasteiger partial charge on any atom is -0.377 e. The quantitative estimate of drug-likeness (QED) is 0.817. The SMILES string of the molecule is Cc1c(-c2csc(N3C4CC[C@H]3COC4)n2)ccc(Cl)c1F. The van der Waals surface area contributed by atoms with Gasteiger partial charge in [0.05, 0.1) is 36.0 Å². The van der Waals surface area contributed by atoms with E-state index >= 15 is 0 Å². The zero-order chi connectivity index (χ0) is 15.3. The Morgan fingerprint density at radius 1 is 1.32 bits per heavy atom. The van der Waals surface area contributed by atoms with Gasteiger partial charge in [-0.25, -0.2) is 9.37 Å². The van der Waals surface area contributed by atoms with Gasteiger partial charge in [-0.1, -0.05) is 17.7 Å². The first kappa shape index (κ1) is 14.4. The van der Waals surface area contributed by atoms with Crippen molar-refractivity contribution in [3.05, 3.63) is 33.9 Å². The third-order valence-corrected chi connectivity index (χ3v) is 5.71.